The van der Waals surface area contributed by atoms with Crippen LogP contribution in [0.15, 0.2) is 42.7 Å². The number of hydrogen-bond acceptors (Lipinski definition) is 3. The van der Waals surface area contributed by atoms with Crippen LogP contribution in [0.1, 0.15) is 25.3 Å². The summed E-state index contributed by atoms with van der Waals surface area (Å²) in [5.74, 6) is 0.628. The Hall–Kier alpha value is -1.36. The first-order chi connectivity index (χ1) is 10.2. The Balaban J connectivity index is 0.00000176. The summed E-state index contributed by atoms with van der Waals surface area (Å²) in [7, 11) is 0. The van der Waals surface area contributed by atoms with Crippen molar-refractivity contribution in [2.75, 3.05) is 13.1 Å². The van der Waals surface area contributed by atoms with E-state index < -0.39 is 0 Å². The molecule has 4 nitrogen and oxygen atoms in total. The predicted octanol–water partition coefficient (Wildman–Crippen LogP) is 2.85. The molecule has 2 unspecified atom stereocenters. The molecule has 1 aromatic heterocycles. The van der Waals surface area contributed by atoms with Crippen LogP contribution < -0.4 is 5.73 Å². The summed E-state index contributed by atoms with van der Waals surface area (Å²) in [6.07, 6.45) is 6.61. The van der Waals surface area contributed by atoms with Gasteiger partial charge in [-0.15, -0.1) is 12.4 Å². The first-order valence-corrected chi connectivity index (χ1v) is 7.79. The van der Waals surface area contributed by atoms with E-state index in [4.69, 9.17) is 5.73 Å². The predicted molar refractivity (Wildman–Crippen MR) is 92.5 cm³/mol. The van der Waals surface area contributed by atoms with Gasteiger partial charge in [-0.05, 0) is 44.4 Å². The lowest BCUT2D eigenvalue weighted by Crippen LogP contribution is -2.41. The van der Waals surface area contributed by atoms with Gasteiger partial charge in [0.2, 0.25) is 0 Å². The van der Waals surface area contributed by atoms with Crippen molar-refractivity contribution in [1.82, 2.24) is 14.7 Å². The van der Waals surface area contributed by atoms with E-state index in [9.17, 15) is 0 Å². The van der Waals surface area contributed by atoms with E-state index in [1.165, 1.54) is 24.9 Å². The summed E-state index contributed by atoms with van der Waals surface area (Å²) in [6.45, 7) is 5.37. The molecule has 3 rings (SSSR count). The molecule has 0 saturated carbocycles. The molecule has 2 aromatic rings. The molecule has 0 amide bonds. The minimum atomic E-state index is 0. The maximum absolute atomic E-state index is 6.06. The number of halogens is 1. The third-order valence-corrected chi connectivity index (χ3v) is 4.35. The maximum atomic E-state index is 6.06. The highest BCUT2D eigenvalue weighted by molar-refractivity contribution is 5.85. The Labute approximate surface area is 138 Å². The molecule has 5 heteroatoms. The van der Waals surface area contributed by atoms with E-state index in [1.807, 2.05) is 29.1 Å². The van der Waals surface area contributed by atoms with Gasteiger partial charge in [0.25, 0.3) is 0 Å². The van der Waals surface area contributed by atoms with E-state index in [2.05, 4.69) is 35.3 Å². The van der Waals surface area contributed by atoms with Crippen LogP contribution in [-0.2, 0) is 6.54 Å². The minimum Gasteiger partial charge on any atom is -0.328 e. The molecule has 0 bridgehead atoms. The number of benzene rings is 1. The van der Waals surface area contributed by atoms with Gasteiger partial charge in [-0.2, -0.15) is 5.10 Å². The number of hydrogen-bond donors (Lipinski definition) is 1. The zero-order chi connectivity index (χ0) is 14.7. The summed E-state index contributed by atoms with van der Waals surface area (Å²) in [6, 6.07) is 10.5. The SMILES string of the molecule is CC(N)C1CCCN(Cc2cnn(-c3ccccc3)c2)C1.Cl. The number of likely N-dealkylation sites (tertiary alicyclic amines) is 1. The molecule has 0 aliphatic carbocycles. The summed E-state index contributed by atoms with van der Waals surface area (Å²) in [5, 5.41) is 4.47. The molecule has 1 aliphatic heterocycles. The van der Waals surface area contributed by atoms with Gasteiger partial charge < -0.3 is 5.73 Å². The lowest BCUT2D eigenvalue weighted by molar-refractivity contribution is 0.154. The van der Waals surface area contributed by atoms with E-state index in [1.54, 1.807) is 0 Å². The monoisotopic (exact) mass is 320 g/mol. The van der Waals surface area contributed by atoms with Gasteiger partial charge in [-0.25, -0.2) is 4.68 Å². The summed E-state index contributed by atoms with van der Waals surface area (Å²) in [5.41, 5.74) is 8.43. The van der Waals surface area contributed by atoms with Gasteiger partial charge in [-0.1, -0.05) is 18.2 Å². The fourth-order valence-electron chi connectivity index (χ4n) is 3.09. The van der Waals surface area contributed by atoms with Crippen LogP contribution in [-0.4, -0.2) is 33.8 Å². The molecule has 1 aliphatic rings. The number of nitrogens with zero attached hydrogens (tertiary/aromatic N) is 3. The van der Waals surface area contributed by atoms with Gasteiger partial charge in [0.1, 0.15) is 0 Å². The fourth-order valence-corrected chi connectivity index (χ4v) is 3.09. The lowest BCUT2D eigenvalue weighted by atomic mass is 9.92. The van der Waals surface area contributed by atoms with Crippen molar-refractivity contribution in [3.8, 4) is 5.69 Å². The van der Waals surface area contributed by atoms with Crippen molar-refractivity contribution in [3.05, 3.63) is 48.3 Å². The highest BCUT2D eigenvalue weighted by Gasteiger charge is 2.22. The lowest BCUT2D eigenvalue weighted by Gasteiger charge is -2.34. The molecule has 22 heavy (non-hydrogen) atoms. The molecular weight excluding hydrogens is 296 g/mol. The van der Waals surface area contributed by atoms with Crippen molar-refractivity contribution in [2.45, 2.75) is 32.4 Å². The summed E-state index contributed by atoms with van der Waals surface area (Å²) < 4.78 is 1.95. The number of nitrogens with two attached hydrogens (primary N) is 1. The molecule has 120 valence electrons. The molecule has 1 fully saturated rings. The first kappa shape index (κ1) is 17.0. The first-order valence-electron chi connectivity index (χ1n) is 7.79. The third-order valence-electron chi connectivity index (χ3n) is 4.35. The van der Waals surface area contributed by atoms with E-state index >= 15 is 0 Å². The minimum absolute atomic E-state index is 0. The number of piperidine rings is 1. The third kappa shape index (κ3) is 4.09. The van der Waals surface area contributed by atoms with Gasteiger partial charge in [0.15, 0.2) is 0 Å². The molecule has 2 atom stereocenters. The van der Waals surface area contributed by atoms with E-state index in [0.29, 0.717) is 12.0 Å². The van der Waals surface area contributed by atoms with Crippen LogP contribution in [0.4, 0.5) is 0 Å². The number of aromatic nitrogens is 2. The van der Waals surface area contributed by atoms with Crippen molar-refractivity contribution in [2.24, 2.45) is 11.7 Å². The topological polar surface area (TPSA) is 47.1 Å². The van der Waals surface area contributed by atoms with E-state index in [0.717, 1.165) is 18.8 Å². The van der Waals surface area contributed by atoms with Crippen molar-refractivity contribution in [1.29, 1.82) is 0 Å². The second-order valence-electron chi connectivity index (χ2n) is 6.13. The second-order valence-corrected chi connectivity index (χ2v) is 6.13. The Kier molecular flexibility index (Phi) is 6.00. The Bertz CT molecular complexity index is 567. The smallest absolute Gasteiger partial charge is 0.0645 e. The number of rotatable bonds is 4. The quantitative estimate of drug-likeness (QED) is 0.942. The van der Waals surface area contributed by atoms with Crippen LogP contribution in [0.3, 0.4) is 0 Å². The van der Waals surface area contributed by atoms with Gasteiger partial charge in [-0.3, -0.25) is 4.90 Å². The molecule has 2 N–H and O–H groups in total. The summed E-state index contributed by atoms with van der Waals surface area (Å²) in [4.78, 5) is 2.50. The molecule has 1 saturated heterocycles. The normalized spacial score (nSPS) is 20.4. The van der Waals surface area contributed by atoms with Crippen LogP contribution in [0.2, 0.25) is 0 Å². The largest absolute Gasteiger partial charge is 0.328 e. The molecule has 2 heterocycles. The molecule has 0 radical (unpaired) electrons. The van der Waals surface area contributed by atoms with Gasteiger partial charge in [0, 0.05) is 30.9 Å². The highest BCUT2D eigenvalue weighted by Crippen LogP contribution is 2.20. The average Bonchev–Trinajstić information content (AvgIpc) is 2.97. The van der Waals surface area contributed by atoms with Crippen LogP contribution in [0.25, 0.3) is 5.69 Å². The van der Waals surface area contributed by atoms with Crippen molar-refractivity contribution >= 4 is 12.4 Å². The Morgan fingerprint density at radius 3 is 2.82 bits per heavy atom. The van der Waals surface area contributed by atoms with Gasteiger partial charge >= 0.3 is 0 Å². The fraction of sp³-hybridized carbons (Fsp3) is 0.471. The molecule has 1 aromatic carbocycles. The van der Waals surface area contributed by atoms with Crippen LogP contribution in [0.5, 0.6) is 0 Å². The number of para-hydroxylation sites is 1. The average molecular weight is 321 g/mol. The molecule has 0 spiro atoms. The Morgan fingerprint density at radius 1 is 1.32 bits per heavy atom. The van der Waals surface area contributed by atoms with Gasteiger partial charge in [0.05, 0.1) is 11.9 Å². The Morgan fingerprint density at radius 2 is 2.09 bits per heavy atom. The van der Waals surface area contributed by atoms with Crippen molar-refractivity contribution in [3.63, 3.8) is 0 Å². The zero-order valence-corrected chi connectivity index (χ0v) is 13.9. The van der Waals surface area contributed by atoms with Crippen LogP contribution >= 0.6 is 12.4 Å². The van der Waals surface area contributed by atoms with E-state index in [-0.39, 0.29) is 12.4 Å². The maximum Gasteiger partial charge on any atom is 0.0645 e. The van der Waals surface area contributed by atoms with Crippen molar-refractivity contribution < 1.29 is 0 Å². The zero-order valence-electron chi connectivity index (χ0n) is 13.1. The second kappa shape index (κ2) is 7.77. The highest BCUT2D eigenvalue weighted by atomic mass is 35.5. The summed E-state index contributed by atoms with van der Waals surface area (Å²) >= 11 is 0. The molecular formula is C17H25ClN4. The standard InChI is InChI=1S/C17H24N4.ClH/c1-14(18)16-6-5-9-20(13-16)11-15-10-19-21(12-15)17-7-3-2-4-8-17;/h2-4,7-8,10,12,14,16H,5-6,9,11,13,18H2,1H3;1H. The van der Waals surface area contributed by atoms with Crippen LogP contribution in [0, 0.1) is 5.92 Å².